The van der Waals surface area contributed by atoms with Crippen LogP contribution in [0.3, 0.4) is 0 Å². The quantitative estimate of drug-likeness (QED) is 0.866. The van der Waals surface area contributed by atoms with Gasteiger partial charge in [0.15, 0.2) is 0 Å². The maximum Gasteiger partial charge on any atom is 0.119 e. The Bertz CT molecular complexity index is 402. The van der Waals surface area contributed by atoms with Gasteiger partial charge in [0, 0.05) is 17.5 Å². The number of ether oxygens (including phenoxy) is 1. The second kappa shape index (κ2) is 5.32. The van der Waals surface area contributed by atoms with Crippen molar-refractivity contribution in [3.8, 4) is 5.75 Å². The average molecular weight is 253 g/mol. The predicted molar refractivity (Wildman–Crippen MR) is 69.9 cm³/mol. The van der Waals surface area contributed by atoms with Crippen LogP contribution in [0.25, 0.3) is 0 Å². The number of hydrogen-bond acceptors (Lipinski definition) is 3. The molecule has 2 atom stereocenters. The molecule has 3 N–H and O–H groups in total. The Morgan fingerprint density at radius 3 is 2.76 bits per heavy atom. The van der Waals surface area contributed by atoms with Crippen molar-refractivity contribution in [1.82, 2.24) is 5.32 Å². The van der Waals surface area contributed by atoms with Gasteiger partial charge in [-0.2, -0.15) is 0 Å². The largest absolute Gasteiger partial charge is 0.491 e. The lowest BCUT2D eigenvalue weighted by Crippen LogP contribution is -2.20. The van der Waals surface area contributed by atoms with Crippen molar-refractivity contribution in [2.45, 2.75) is 19.4 Å². The third-order valence-electron chi connectivity index (χ3n) is 2.77. The van der Waals surface area contributed by atoms with Gasteiger partial charge in [-0.1, -0.05) is 11.6 Å². The van der Waals surface area contributed by atoms with E-state index in [1.165, 1.54) is 0 Å². The zero-order valence-corrected chi connectivity index (χ0v) is 10.6. The van der Waals surface area contributed by atoms with Gasteiger partial charge in [-0.25, -0.2) is 0 Å². The Kier molecular flexibility index (Phi) is 3.79. The molecule has 1 aromatic rings. The molecule has 0 spiro atoms. The molecule has 0 aliphatic carbocycles. The van der Waals surface area contributed by atoms with Gasteiger partial charge in [-0.3, -0.25) is 0 Å². The lowest BCUT2D eigenvalue weighted by Gasteiger charge is -2.17. The van der Waals surface area contributed by atoms with Gasteiger partial charge >= 0.3 is 0 Å². The molecule has 0 saturated carbocycles. The highest BCUT2D eigenvalue weighted by Crippen LogP contribution is 2.20. The molecule has 1 aromatic carbocycles. The SMILES string of the molecule is CC(C[C@H]1C=C(N)NC1)Oc1ccc(Cl)cc1. The Morgan fingerprint density at radius 1 is 1.47 bits per heavy atom. The van der Waals surface area contributed by atoms with E-state index in [9.17, 15) is 0 Å². The standard InChI is InChI=1S/C13H17ClN2O/c1-9(6-10-7-13(15)16-8-10)17-12-4-2-11(14)3-5-12/h2-5,7,9-10,16H,6,8,15H2,1H3/t9?,10-/m0/s1. The van der Waals surface area contributed by atoms with Gasteiger partial charge in [0.1, 0.15) is 5.75 Å². The molecule has 0 amide bonds. The van der Waals surface area contributed by atoms with Gasteiger partial charge in [0.2, 0.25) is 0 Å². The average Bonchev–Trinajstić information content (AvgIpc) is 2.67. The summed E-state index contributed by atoms with van der Waals surface area (Å²) in [6, 6.07) is 7.43. The summed E-state index contributed by atoms with van der Waals surface area (Å²) >= 11 is 5.82. The van der Waals surface area contributed by atoms with Crippen molar-refractivity contribution >= 4 is 11.6 Å². The van der Waals surface area contributed by atoms with Crippen LogP contribution >= 0.6 is 11.6 Å². The van der Waals surface area contributed by atoms with E-state index in [1.807, 2.05) is 24.3 Å². The van der Waals surface area contributed by atoms with Crippen molar-refractivity contribution in [3.05, 3.63) is 41.2 Å². The minimum atomic E-state index is 0.158. The highest BCUT2D eigenvalue weighted by atomic mass is 35.5. The van der Waals surface area contributed by atoms with Gasteiger partial charge in [0.25, 0.3) is 0 Å². The minimum Gasteiger partial charge on any atom is -0.491 e. The highest BCUT2D eigenvalue weighted by molar-refractivity contribution is 6.30. The van der Waals surface area contributed by atoms with Crippen LogP contribution in [-0.4, -0.2) is 12.6 Å². The summed E-state index contributed by atoms with van der Waals surface area (Å²) in [6.45, 7) is 2.97. The van der Waals surface area contributed by atoms with Crippen molar-refractivity contribution < 1.29 is 4.74 Å². The number of nitrogens with one attached hydrogen (secondary N) is 1. The molecule has 1 aliphatic rings. The third-order valence-corrected chi connectivity index (χ3v) is 3.02. The van der Waals surface area contributed by atoms with E-state index in [0.717, 1.165) is 29.6 Å². The summed E-state index contributed by atoms with van der Waals surface area (Å²) in [5.41, 5.74) is 5.66. The van der Waals surface area contributed by atoms with E-state index in [-0.39, 0.29) is 6.10 Å². The van der Waals surface area contributed by atoms with Crippen LogP contribution in [0.2, 0.25) is 5.02 Å². The third kappa shape index (κ3) is 3.56. The van der Waals surface area contributed by atoms with E-state index < -0.39 is 0 Å². The molecule has 92 valence electrons. The molecule has 1 aliphatic heterocycles. The topological polar surface area (TPSA) is 47.3 Å². The first-order valence-corrected chi connectivity index (χ1v) is 6.14. The summed E-state index contributed by atoms with van der Waals surface area (Å²) in [5.74, 6) is 2.08. The van der Waals surface area contributed by atoms with E-state index >= 15 is 0 Å². The molecule has 3 nitrogen and oxygen atoms in total. The fourth-order valence-corrected chi connectivity index (χ4v) is 2.12. The monoisotopic (exact) mass is 252 g/mol. The molecule has 0 fully saturated rings. The number of benzene rings is 1. The lowest BCUT2D eigenvalue weighted by molar-refractivity contribution is 0.197. The second-order valence-electron chi connectivity index (χ2n) is 4.38. The molecule has 4 heteroatoms. The Labute approximate surface area is 107 Å². The molecule has 0 saturated heterocycles. The summed E-state index contributed by atoms with van der Waals surface area (Å²) in [6.07, 6.45) is 3.17. The van der Waals surface area contributed by atoms with Crippen LogP contribution in [0.4, 0.5) is 0 Å². The maximum atomic E-state index is 5.82. The van der Waals surface area contributed by atoms with Gasteiger partial charge in [-0.15, -0.1) is 0 Å². The van der Waals surface area contributed by atoms with Crippen LogP contribution in [0.15, 0.2) is 36.2 Å². The van der Waals surface area contributed by atoms with E-state index in [4.69, 9.17) is 22.1 Å². The predicted octanol–water partition coefficient (Wildman–Crippen LogP) is 2.52. The zero-order chi connectivity index (χ0) is 12.3. The zero-order valence-electron chi connectivity index (χ0n) is 9.82. The summed E-state index contributed by atoms with van der Waals surface area (Å²) in [4.78, 5) is 0. The van der Waals surface area contributed by atoms with Crippen molar-refractivity contribution in [1.29, 1.82) is 0 Å². The second-order valence-corrected chi connectivity index (χ2v) is 4.82. The Morgan fingerprint density at radius 2 is 2.18 bits per heavy atom. The lowest BCUT2D eigenvalue weighted by atomic mass is 10.0. The highest BCUT2D eigenvalue weighted by Gasteiger charge is 2.17. The number of nitrogens with two attached hydrogens (primary N) is 1. The molecular weight excluding hydrogens is 236 g/mol. The van der Waals surface area contributed by atoms with Crippen LogP contribution in [0, 0.1) is 5.92 Å². The van der Waals surface area contributed by atoms with Gasteiger partial charge in [-0.05, 0) is 43.7 Å². The number of rotatable bonds is 4. The normalized spacial score (nSPS) is 20.6. The number of halogens is 1. The first-order valence-electron chi connectivity index (χ1n) is 5.77. The van der Waals surface area contributed by atoms with Gasteiger partial charge < -0.3 is 15.8 Å². The van der Waals surface area contributed by atoms with Gasteiger partial charge in [0.05, 0.1) is 11.9 Å². The van der Waals surface area contributed by atoms with Crippen molar-refractivity contribution in [3.63, 3.8) is 0 Å². The molecule has 1 heterocycles. The maximum absolute atomic E-state index is 5.82. The Hall–Kier alpha value is -1.35. The molecule has 0 radical (unpaired) electrons. The minimum absolute atomic E-state index is 0.158. The molecule has 0 bridgehead atoms. The van der Waals surface area contributed by atoms with Crippen molar-refractivity contribution in [2.24, 2.45) is 11.7 Å². The van der Waals surface area contributed by atoms with Crippen molar-refractivity contribution in [2.75, 3.05) is 6.54 Å². The van der Waals surface area contributed by atoms with Crippen LogP contribution in [0.5, 0.6) is 5.75 Å². The van der Waals surface area contributed by atoms with E-state index in [2.05, 4.69) is 18.3 Å². The first kappa shape index (κ1) is 12.1. The molecule has 1 unspecified atom stereocenters. The molecule has 0 aromatic heterocycles. The summed E-state index contributed by atoms with van der Waals surface area (Å²) in [7, 11) is 0. The smallest absolute Gasteiger partial charge is 0.119 e. The molecule has 17 heavy (non-hydrogen) atoms. The van der Waals surface area contributed by atoms with E-state index in [0.29, 0.717) is 5.92 Å². The molecular formula is C13H17ClN2O. The van der Waals surface area contributed by atoms with Crippen LogP contribution in [-0.2, 0) is 0 Å². The Balaban J connectivity index is 1.85. The fourth-order valence-electron chi connectivity index (χ4n) is 1.99. The van der Waals surface area contributed by atoms with E-state index in [1.54, 1.807) is 0 Å². The van der Waals surface area contributed by atoms with Crippen LogP contribution in [0.1, 0.15) is 13.3 Å². The fraction of sp³-hybridized carbons (Fsp3) is 0.385. The summed E-state index contributed by atoms with van der Waals surface area (Å²) in [5, 5.41) is 3.83. The first-order chi connectivity index (χ1) is 8.13. The summed E-state index contributed by atoms with van der Waals surface area (Å²) < 4.78 is 5.81. The van der Waals surface area contributed by atoms with Crippen LogP contribution < -0.4 is 15.8 Å². The number of hydrogen-bond donors (Lipinski definition) is 2. The molecule has 2 rings (SSSR count).